The van der Waals surface area contributed by atoms with Gasteiger partial charge in [-0.3, -0.25) is 0 Å². The van der Waals surface area contributed by atoms with E-state index in [1.54, 1.807) is 32.4 Å². The first kappa shape index (κ1) is 30.5. The smallest absolute Gasteiger partial charge is 0.245 e. The van der Waals surface area contributed by atoms with Gasteiger partial charge in [-0.05, 0) is 61.4 Å². The molecule has 0 spiro atoms. The molecule has 42 heavy (non-hydrogen) atoms. The summed E-state index contributed by atoms with van der Waals surface area (Å²) in [6.07, 6.45) is 5.03. The van der Waals surface area contributed by atoms with Gasteiger partial charge >= 0.3 is 0 Å². The van der Waals surface area contributed by atoms with Crippen LogP contribution in [0.2, 0.25) is 5.02 Å². The van der Waals surface area contributed by atoms with Gasteiger partial charge < -0.3 is 30.5 Å². The molecule has 0 bridgehead atoms. The van der Waals surface area contributed by atoms with Gasteiger partial charge in [-0.25, -0.2) is 13.4 Å². The molecule has 2 atom stereocenters. The molecule has 2 aromatic carbocycles. The van der Waals surface area contributed by atoms with Crippen molar-refractivity contribution < 1.29 is 23.0 Å². The minimum atomic E-state index is -3.84. The zero-order valence-electron chi connectivity index (χ0n) is 23.8. The number of anilines is 4. The van der Waals surface area contributed by atoms with Crippen LogP contribution in [0.3, 0.4) is 0 Å². The summed E-state index contributed by atoms with van der Waals surface area (Å²) in [6, 6.07) is 11.0. The number of methoxy groups -OCH3 is 2. The number of ether oxygens (including phenoxy) is 2. The predicted octanol–water partition coefficient (Wildman–Crippen LogP) is 3.86. The zero-order chi connectivity index (χ0) is 29.7. The number of hydrogen-bond donors (Lipinski definition) is 4. The molecule has 4 N–H and O–H groups in total. The fourth-order valence-corrected chi connectivity index (χ4v) is 7.27. The van der Waals surface area contributed by atoms with Gasteiger partial charge in [0.2, 0.25) is 16.0 Å². The topological polar surface area (TPSA) is 138 Å². The molecule has 3 aromatic rings. The maximum absolute atomic E-state index is 13.4. The number of fused-ring (bicyclic) bond motifs is 1. The van der Waals surface area contributed by atoms with Crippen molar-refractivity contribution in [1.82, 2.24) is 19.6 Å². The lowest BCUT2D eigenvalue weighted by molar-refractivity contribution is 0.189. The van der Waals surface area contributed by atoms with Crippen LogP contribution in [0.4, 0.5) is 23.1 Å². The number of nitrogens with zero attached hydrogens (tertiary/aromatic N) is 3. The monoisotopic (exact) mass is 616 g/mol. The summed E-state index contributed by atoms with van der Waals surface area (Å²) < 4.78 is 39.1. The van der Waals surface area contributed by atoms with Crippen molar-refractivity contribution in [3.8, 4) is 5.75 Å². The van der Waals surface area contributed by atoms with E-state index in [1.165, 1.54) is 22.1 Å². The highest BCUT2D eigenvalue weighted by Crippen LogP contribution is 2.37. The molecule has 0 saturated carbocycles. The lowest BCUT2D eigenvalue weighted by Gasteiger charge is -2.19. The Bertz CT molecular complexity index is 1510. The van der Waals surface area contributed by atoms with Crippen molar-refractivity contribution in [1.29, 1.82) is 0 Å². The molecule has 11 nitrogen and oxygen atoms in total. The van der Waals surface area contributed by atoms with Gasteiger partial charge in [-0.1, -0.05) is 29.8 Å². The van der Waals surface area contributed by atoms with Gasteiger partial charge in [0, 0.05) is 32.8 Å². The van der Waals surface area contributed by atoms with E-state index in [0.717, 1.165) is 49.2 Å². The first-order valence-electron chi connectivity index (χ1n) is 14.0. The molecule has 1 aliphatic carbocycles. The Balaban J connectivity index is 1.36. The average molecular weight is 617 g/mol. The first-order chi connectivity index (χ1) is 20.3. The lowest BCUT2D eigenvalue weighted by atomic mass is 10.0. The van der Waals surface area contributed by atoms with Crippen molar-refractivity contribution >= 4 is 44.8 Å². The fourth-order valence-electron chi connectivity index (χ4n) is 5.50. The van der Waals surface area contributed by atoms with Crippen LogP contribution in [-0.4, -0.2) is 80.4 Å². The molecule has 0 radical (unpaired) electrons. The number of rotatable bonds is 11. The van der Waals surface area contributed by atoms with Crippen LogP contribution in [0.15, 0.2) is 47.5 Å². The Morgan fingerprint density at radius 1 is 1.07 bits per heavy atom. The van der Waals surface area contributed by atoms with E-state index in [0.29, 0.717) is 24.8 Å². The molecule has 1 saturated heterocycles. The third kappa shape index (κ3) is 6.80. The SMILES string of the molecule is COCCNC1CCc2ccc(Nc3ncc(Cl)c(Nc4ccccc4S(=O)(=O)N4CCC(O)C4)n3)c(OC)c2CC1. The van der Waals surface area contributed by atoms with Crippen LogP contribution in [-0.2, 0) is 27.6 Å². The van der Waals surface area contributed by atoms with Gasteiger partial charge in [0.05, 0.1) is 37.4 Å². The maximum Gasteiger partial charge on any atom is 0.245 e. The van der Waals surface area contributed by atoms with Crippen molar-refractivity contribution in [3.05, 3.63) is 58.7 Å². The molecule has 2 unspecified atom stereocenters. The number of aryl methyl sites for hydroxylation is 1. The number of sulfonamides is 1. The van der Waals surface area contributed by atoms with E-state index in [4.69, 9.17) is 21.1 Å². The highest BCUT2D eigenvalue weighted by Gasteiger charge is 2.33. The zero-order valence-corrected chi connectivity index (χ0v) is 25.3. The molecular formula is C29H37ClN6O5S. The van der Waals surface area contributed by atoms with Gasteiger partial charge in [0.25, 0.3) is 0 Å². The predicted molar refractivity (Wildman–Crippen MR) is 163 cm³/mol. The van der Waals surface area contributed by atoms with E-state index >= 15 is 0 Å². The molecule has 1 fully saturated rings. The normalized spacial score (nSPS) is 19.2. The summed E-state index contributed by atoms with van der Waals surface area (Å²) in [6.45, 7) is 1.83. The summed E-state index contributed by atoms with van der Waals surface area (Å²) in [5.74, 6) is 1.27. The highest BCUT2D eigenvalue weighted by atomic mass is 35.5. The minimum absolute atomic E-state index is 0.0621. The largest absolute Gasteiger partial charge is 0.494 e. The van der Waals surface area contributed by atoms with Gasteiger partial charge in [-0.15, -0.1) is 0 Å². The Hall–Kier alpha value is -3.00. The van der Waals surface area contributed by atoms with E-state index in [2.05, 4.69) is 32.0 Å². The summed E-state index contributed by atoms with van der Waals surface area (Å²) in [7, 11) is -0.477. The molecular weight excluding hydrogens is 580 g/mol. The third-order valence-corrected chi connectivity index (χ3v) is 9.88. The highest BCUT2D eigenvalue weighted by molar-refractivity contribution is 7.89. The van der Waals surface area contributed by atoms with Gasteiger partial charge in [-0.2, -0.15) is 9.29 Å². The van der Waals surface area contributed by atoms with Crippen LogP contribution in [0.5, 0.6) is 5.75 Å². The summed E-state index contributed by atoms with van der Waals surface area (Å²) in [5, 5.41) is 20.0. The molecule has 0 amide bonds. The molecule has 2 heterocycles. The van der Waals surface area contributed by atoms with E-state index < -0.39 is 16.1 Å². The van der Waals surface area contributed by atoms with Crippen molar-refractivity contribution in [2.75, 3.05) is 51.1 Å². The van der Waals surface area contributed by atoms with E-state index in [-0.39, 0.29) is 34.8 Å². The van der Waals surface area contributed by atoms with E-state index in [9.17, 15) is 13.5 Å². The second-order valence-electron chi connectivity index (χ2n) is 10.4. The maximum atomic E-state index is 13.4. The number of benzene rings is 2. The number of aliphatic hydroxyl groups excluding tert-OH is 1. The van der Waals surface area contributed by atoms with Crippen molar-refractivity contribution in [2.45, 2.75) is 49.1 Å². The van der Waals surface area contributed by atoms with Crippen LogP contribution in [0.1, 0.15) is 30.4 Å². The molecule has 13 heteroatoms. The van der Waals surface area contributed by atoms with E-state index in [1.807, 2.05) is 6.07 Å². The van der Waals surface area contributed by atoms with Crippen LogP contribution in [0, 0.1) is 0 Å². The minimum Gasteiger partial charge on any atom is -0.494 e. The number of hydrogen-bond acceptors (Lipinski definition) is 10. The number of aromatic nitrogens is 2. The second kappa shape index (κ2) is 13.5. The second-order valence-corrected chi connectivity index (χ2v) is 12.8. The first-order valence-corrected chi connectivity index (χ1v) is 15.9. The lowest BCUT2D eigenvalue weighted by Crippen LogP contribution is -2.32. The fraction of sp³-hybridized carbons (Fsp3) is 0.448. The Kier molecular flexibility index (Phi) is 9.81. The number of para-hydroxylation sites is 1. The Morgan fingerprint density at radius 2 is 1.88 bits per heavy atom. The summed E-state index contributed by atoms with van der Waals surface area (Å²) >= 11 is 6.45. The van der Waals surface area contributed by atoms with Crippen molar-refractivity contribution in [2.24, 2.45) is 0 Å². The quantitative estimate of drug-likeness (QED) is 0.186. The number of aliphatic hydroxyl groups is 1. The number of β-amino-alcohol motifs (C(OH)–C–C–N with tert-alkyl or cyclic N) is 1. The van der Waals surface area contributed by atoms with Crippen LogP contribution < -0.4 is 20.7 Å². The molecule has 2 aliphatic rings. The summed E-state index contributed by atoms with van der Waals surface area (Å²) in [5.41, 5.74) is 3.47. The van der Waals surface area contributed by atoms with Crippen LogP contribution >= 0.6 is 11.6 Å². The number of halogens is 1. The average Bonchev–Trinajstić information content (AvgIpc) is 3.33. The van der Waals surface area contributed by atoms with Gasteiger partial charge in [0.1, 0.15) is 15.7 Å². The van der Waals surface area contributed by atoms with Crippen LogP contribution in [0.25, 0.3) is 0 Å². The van der Waals surface area contributed by atoms with Crippen molar-refractivity contribution in [3.63, 3.8) is 0 Å². The molecule has 1 aromatic heterocycles. The van der Waals surface area contributed by atoms with Gasteiger partial charge in [0.15, 0.2) is 5.82 Å². The Morgan fingerprint density at radius 3 is 2.64 bits per heavy atom. The summed E-state index contributed by atoms with van der Waals surface area (Å²) in [4.78, 5) is 8.99. The number of nitrogens with one attached hydrogen (secondary N) is 3. The molecule has 5 rings (SSSR count). The Labute approximate surface area is 251 Å². The molecule has 1 aliphatic heterocycles. The standard InChI is InChI=1S/C29H37ClN6O5S/c1-40-16-14-31-20-9-7-19-8-12-25(27(41-2)22(19)11-10-20)34-29-32-17-23(30)28(35-29)33-24-5-3-4-6-26(24)42(38,39)36-15-13-21(37)18-36/h3-6,8,12,17,20-21,31,37H,7,9-11,13-16,18H2,1-2H3,(H2,32,33,34,35). The third-order valence-electron chi connectivity index (χ3n) is 7.68. The molecule has 226 valence electrons.